The first-order valence-electron chi connectivity index (χ1n) is 8.72. The number of rotatable bonds is 5. The fraction of sp³-hybridized carbons (Fsp3) is 0.889. The minimum absolute atomic E-state index is 0.0460. The molecule has 21 heavy (non-hydrogen) atoms. The molecule has 0 radical (unpaired) electrons. The Hall–Kier alpha value is -0.860. The van der Waals surface area contributed by atoms with Gasteiger partial charge in [-0.05, 0) is 61.7 Å². The van der Waals surface area contributed by atoms with Gasteiger partial charge in [0.25, 0.3) is 0 Å². The van der Waals surface area contributed by atoms with Crippen LogP contribution in [0.5, 0.6) is 0 Å². The van der Waals surface area contributed by atoms with Crippen molar-refractivity contribution in [1.82, 2.24) is 0 Å². The highest BCUT2D eigenvalue weighted by atomic mass is 16.5. The average molecular weight is 292 g/mol. The summed E-state index contributed by atoms with van der Waals surface area (Å²) in [6, 6.07) is 0. The molecule has 0 aromatic heterocycles. The van der Waals surface area contributed by atoms with Crippen molar-refractivity contribution in [1.29, 1.82) is 0 Å². The molecule has 3 aliphatic rings. The number of ketones is 1. The van der Waals surface area contributed by atoms with Crippen LogP contribution < -0.4 is 0 Å². The molecule has 3 rings (SSSR count). The Morgan fingerprint density at radius 2 is 1.67 bits per heavy atom. The quantitative estimate of drug-likeness (QED) is 0.729. The van der Waals surface area contributed by atoms with Gasteiger partial charge in [-0.1, -0.05) is 26.7 Å². The van der Waals surface area contributed by atoms with Gasteiger partial charge in [0.15, 0.2) is 5.78 Å². The summed E-state index contributed by atoms with van der Waals surface area (Å²) in [5.74, 6) is 4.45. The van der Waals surface area contributed by atoms with E-state index in [0.29, 0.717) is 5.92 Å². The van der Waals surface area contributed by atoms with Crippen molar-refractivity contribution < 1.29 is 14.3 Å². The molecule has 3 aliphatic carbocycles. The van der Waals surface area contributed by atoms with E-state index in [1.54, 1.807) is 0 Å². The molecule has 0 aliphatic heterocycles. The topological polar surface area (TPSA) is 43.4 Å². The largest absolute Gasteiger partial charge is 0.457 e. The van der Waals surface area contributed by atoms with Gasteiger partial charge in [0, 0.05) is 0 Å². The summed E-state index contributed by atoms with van der Waals surface area (Å²) >= 11 is 0. The van der Waals surface area contributed by atoms with Gasteiger partial charge in [0.05, 0.1) is 5.92 Å². The van der Waals surface area contributed by atoms with Gasteiger partial charge in [0.2, 0.25) is 0 Å². The second-order valence-electron chi connectivity index (χ2n) is 7.54. The monoisotopic (exact) mass is 292 g/mol. The lowest BCUT2D eigenvalue weighted by atomic mass is 9.70. The van der Waals surface area contributed by atoms with Crippen molar-refractivity contribution in [3.05, 3.63) is 0 Å². The van der Waals surface area contributed by atoms with Crippen LogP contribution in [0.1, 0.15) is 52.9 Å². The van der Waals surface area contributed by atoms with Gasteiger partial charge in [-0.25, -0.2) is 0 Å². The zero-order chi connectivity index (χ0) is 15.1. The second-order valence-corrected chi connectivity index (χ2v) is 7.54. The van der Waals surface area contributed by atoms with Crippen molar-refractivity contribution in [2.45, 2.75) is 52.9 Å². The lowest BCUT2D eigenvalue weighted by Crippen LogP contribution is -2.35. The smallest absolute Gasteiger partial charge is 0.309 e. The zero-order valence-corrected chi connectivity index (χ0v) is 13.5. The van der Waals surface area contributed by atoms with Gasteiger partial charge in [-0.3, -0.25) is 9.59 Å². The highest BCUT2D eigenvalue weighted by molar-refractivity contribution is 5.81. The maximum Gasteiger partial charge on any atom is 0.309 e. The van der Waals surface area contributed by atoms with Crippen molar-refractivity contribution in [2.75, 3.05) is 6.61 Å². The van der Waals surface area contributed by atoms with E-state index in [-0.39, 0.29) is 24.3 Å². The number of esters is 1. The molecular weight excluding hydrogens is 264 g/mol. The molecule has 2 bridgehead atoms. The third kappa shape index (κ3) is 2.43. The van der Waals surface area contributed by atoms with E-state index in [1.807, 2.05) is 0 Å². The van der Waals surface area contributed by atoms with E-state index in [2.05, 4.69) is 13.8 Å². The Bertz CT molecular complexity index is 430. The van der Waals surface area contributed by atoms with Crippen LogP contribution in [0, 0.1) is 41.4 Å². The van der Waals surface area contributed by atoms with Crippen molar-refractivity contribution >= 4 is 11.8 Å². The third-order valence-corrected chi connectivity index (χ3v) is 6.59. The number of carbonyl (C=O) groups excluding carboxylic acids is 2. The van der Waals surface area contributed by atoms with E-state index in [1.165, 1.54) is 32.6 Å². The van der Waals surface area contributed by atoms with Crippen LogP contribution >= 0.6 is 0 Å². The van der Waals surface area contributed by atoms with Crippen LogP contribution in [0.2, 0.25) is 0 Å². The molecule has 7 atom stereocenters. The summed E-state index contributed by atoms with van der Waals surface area (Å²) in [4.78, 5) is 23.3. The Labute approximate surface area is 127 Å². The minimum atomic E-state index is -0.106. The first kappa shape index (κ1) is 15.1. The second kappa shape index (κ2) is 5.73. The number of carbonyl (C=O) groups is 2. The first-order valence-corrected chi connectivity index (χ1v) is 8.72. The molecule has 0 heterocycles. The summed E-state index contributed by atoms with van der Waals surface area (Å²) in [7, 11) is 0. The lowest BCUT2D eigenvalue weighted by molar-refractivity contribution is -0.154. The molecule has 0 saturated heterocycles. The van der Waals surface area contributed by atoms with Crippen LogP contribution in [0.4, 0.5) is 0 Å². The summed E-state index contributed by atoms with van der Waals surface area (Å²) < 4.78 is 5.22. The Morgan fingerprint density at radius 1 is 1.00 bits per heavy atom. The number of hydrogen-bond donors (Lipinski definition) is 0. The van der Waals surface area contributed by atoms with Crippen molar-refractivity contribution in [2.24, 2.45) is 41.4 Å². The number of Topliss-reactive ketones (excluding diaryl/α,β-unsaturated/α-hetero) is 1. The normalized spacial score (nSPS) is 43.9. The molecule has 0 spiro atoms. The Balaban J connectivity index is 1.71. The number of fused-ring (bicyclic) bond motifs is 5. The van der Waals surface area contributed by atoms with Crippen molar-refractivity contribution in [3.8, 4) is 0 Å². The summed E-state index contributed by atoms with van der Waals surface area (Å²) in [6.07, 6.45) is 6.14. The Kier molecular flexibility index (Phi) is 4.11. The standard InChI is InChI=1S/C18H28O3/c1-4-11-6-12(5-2)17-14-7-13(16(11)17)8-15(14)18(20)21-9-10(3)19/h11-17H,4-9H2,1-3H3. The highest BCUT2D eigenvalue weighted by Gasteiger charge is 2.61. The van der Waals surface area contributed by atoms with Crippen LogP contribution in [0.15, 0.2) is 0 Å². The van der Waals surface area contributed by atoms with Gasteiger partial charge < -0.3 is 4.74 Å². The van der Waals surface area contributed by atoms with Gasteiger partial charge in [0.1, 0.15) is 6.61 Å². The molecule has 0 N–H and O–H groups in total. The summed E-state index contributed by atoms with van der Waals surface area (Å²) in [5, 5.41) is 0. The fourth-order valence-electron chi connectivity index (χ4n) is 5.95. The van der Waals surface area contributed by atoms with E-state index in [4.69, 9.17) is 4.74 Å². The van der Waals surface area contributed by atoms with Gasteiger partial charge in [-0.15, -0.1) is 0 Å². The van der Waals surface area contributed by atoms with Crippen molar-refractivity contribution in [3.63, 3.8) is 0 Å². The third-order valence-electron chi connectivity index (χ3n) is 6.59. The summed E-state index contributed by atoms with van der Waals surface area (Å²) in [6.45, 7) is 6.05. The zero-order valence-electron chi connectivity index (χ0n) is 13.5. The van der Waals surface area contributed by atoms with Crippen LogP contribution in [-0.2, 0) is 14.3 Å². The SMILES string of the molecule is CCC1CC(CC)C2C3CC(CC3C(=O)OCC(C)=O)C12. The van der Waals surface area contributed by atoms with E-state index in [9.17, 15) is 9.59 Å². The average Bonchev–Trinajstić information content (AvgIpc) is 3.13. The highest BCUT2D eigenvalue weighted by Crippen LogP contribution is 2.65. The minimum Gasteiger partial charge on any atom is -0.457 e. The lowest BCUT2D eigenvalue weighted by Gasteiger charge is -2.34. The molecule has 0 amide bonds. The van der Waals surface area contributed by atoms with Crippen LogP contribution in [0.25, 0.3) is 0 Å². The molecule has 0 aromatic rings. The summed E-state index contributed by atoms with van der Waals surface area (Å²) in [5.41, 5.74) is 0. The Morgan fingerprint density at radius 3 is 2.29 bits per heavy atom. The molecule has 3 fully saturated rings. The van der Waals surface area contributed by atoms with Crippen LogP contribution in [0.3, 0.4) is 0 Å². The van der Waals surface area contributed by atoms with Gasteiger partial charge >= 0.3 is 5.97 Å². The maximum absolute atomic E-state index is 12.3. The molecule has 3 heteroatoms. The van der Waals surface area contributed by atoms with E-state index < -0.39 is 0 Å². The predicted molar refractivity (Wildman–Crippen MR) is 80.5 cm³/mol. The molecule has 3 saturated carbocycles. The predicted octanol–water partition coefficient (Wildman–Crippen LogP) is 3.46. The molecule has 0 aromatic carbocycles. The molecule has 3 nitrogen and oxygen atoms in total. The van der Waals surface area contributed by atoms with Crippen LogP contribution in [-0.4, -0.2) is 18.4 Å². The van der Waals surface area contributed by atoms with Gasteiger partial charge in [-0.2, -0.15) is 0 Å². The molecule has 118 valence electrons. The first-order chi connectivity index (χ1) is 10.1. The maximum atomic E-state index is 12.3. The fourth-order valence-corrected chi connectivity index (χ4v) is 5.95. The molecule has 7 unspecified atom stereocenters. The molecular formula is C18H28O3. The number of ether oxygens (including phenoxy) is 1. The van der Waals surface area contributed by atoms with E-state index >= 15 is 0 Å². The number of hydrogen-bond acceptors (Lipinski definition) is 3. The van der Waals surface area contributed by atoms with E-state index in [0.717, 1.165) is 36.0 Å².